The lowest BCUT2D eigenvalue weighted by Crippen LogP contribution is -2.55. The molecule has 4 atom stereocenters. The number of carbonyl (C=O) groups is 4. The molecule has 3 N–H and O–H groups in total. The Hall–Kier alpha value is -3.14. The SMILES string of the molecule is COC(=O)CNC(=O)C(c1cc(C)ccc1C)N(C(=O)C(CO)NC(=O)OC(C)(C)C)C1CC1C. The zero-order chi connectivity index (χ0) is 26.5. The van der Waals surface area contributed by atoms with Crippen LogP contribution in [0.4, 0.5) is 4.79 Å². The van der Waals surface area contributed by atoms with Gasteiger partial charge in [-0.25, -0.2) is 4.79 Å². The molecular formula is C25H37N3O7. The zero-order valence-electron chi connectivity index (χ0n) is 21.5. The molecule has 194 valence electrons. The number of nitrogens with zero attached hydrogens (tertiary/aromatic N) is 1. The van der Waals surface area contributed by atoms with Crippen LogP contribution in [0, 0.1) is 19.8 Å². The number of amides is 3. The first-order chi connectivity index (χ1) is 16.3. The van der Waals surface area contributed by atoms with Gasteiger partial charge in [-0.3, -0.25) is 14.4 Å². The lowest BCUT2D eigenvalue weighted by atomic mass is 9.96. The topological polar surface area (TPSA) is 134 Å². The molecule has 1 aromatic carbocycles. The molecule has 3 amide bonds. The molecule has 0 radical (unpaired) electrons. The first-order valence-corrected chi connectivity index (χ1v) is 11.6. The van der Waals surface area contributed by atoms with Crippen molar-refractivity contribution in [3.8, 4) is 0 Å². The Labute approximate surface area is 206 Å². The van der Waals surface area contributed by atoms with Gasteiger partial charge < -0.3 is 30.1 Å². The van der Waals surface area contributed by atoms with Gasteiger partial charge in [0.25, 0.3) is 0 Å². The Morgan fingerprint density at radius 1 is 1.20 bits per heavy atom. The molecule has 10 nitrogen and oxygen atoms in total. The van der Waals surface area contributed by atoms with Crippen LogP contribution in [0.5, 0.6) is 0 Å². The number of hydrogen-bond acceptors (Lipinski definition) is 7. The highest BCUT2D eigenvalue weighted by atomic mass is 16.6. The normalized spacial score (nSPS) is 18.6. The summed E-state index contributed by atoms with van der Waals surface area (Å²) in [6, 6.07) is 2.88. The third kappa shape index (κ3) is 7.68. The number of ether oxygens (including phenoxy) is 2. The summed E-state index contributed by atoms with van der Waals surface area (Å²) in [5.74, 6) is -1.70. The fourth-order valence-electron chi connectivity index (χ4n) is 3.79. The minimum absolute atomic E-state index is 0.112. The van der Waals surface area contributed by atoms with Crippen LogP contribution in [-0.2, 0) is 23.9 Å². The number of aliphatic hydroxyl groups is 1. The Kier molecular flexibility index (Phi) is 9.25. The second-order valence-corrected chi connectivity index (χ2v) is 9.96. The van der Waals surface area contributed by atoms with E-state index in [0.717, 1.165) is 11.1 Å². The number of aryl methyl sites for hydroxylation is 2. The summed E-state index contributed by atoms with van der Waals surface area (Å²) in [5.41, 5.74) is 1.46. The van der Waals surface area contributed by atoms with E-state index in [4.69, 9.17) is 4.74 Å². The van der Waals surface area contributed by atoms with Crippen LogP contribution >= 0.6 is 0 Å². The van der Waals surface area contributed by atoms with Crippen molar-refractivity contribution >= 4 is 23.9 Å². The number of esters is 1. The predicted octanol–water partition coefficient (Wildman–Crippen LogP) is 1.76. The standard InChI is InChI=1S/C25H37N3O7/c1-14-8-9-15(2)17(10-14)21(22(31)26-12-20(30)34-7)28(19-11-16(19)3)23(32)18(13-29)27-24(33)35-25(4,5)6/h8-10,16,18-19,21,29H,11-13H2,1-7H3,(H,26,31)(H,27,33). The van der Waals surface area contributed by atoms with Crippen LogP contribution in [-0.4, -0.2) is 71.8 Å². The zero-order valence-corrected chi connectivity index (χ0v) is 21.5. The molecule has 0 aromatic heterocycles. The van der Waals surface area contributed by atoms with Crippen molar-refractivity contribution in [2.75, 3.05) is 20.3 Å². The van der Waals surface area contributed by atoms with E-state index in [-0.39, 0.29) is 18.5 Å². The summed E-state index contributed by atoms with van der Waals surface area (Å²) in [6.07, 6.45) is -0.200. The van der Waals surface area contributed by atoms with Crippen LogP contribution in [0.15, 0.2) is 18.2 Å². The molecule has 2 rings (SSSR count). The smallest absolute Gasteiger partial charge is 0.408 e. The van der Waals surface area contributed by atoms with Crippen molar-refractivity contribution in [1.29, 1.82) is 0 Å². The molecule has 0 heterocycles. The van der Waals surface area contributed by atoms with Gasteiger partial charge in [-0.1, -0.05) is 30.7 Å². The van der Waals surface area contributed by atoms with E-state index < -0.39 is 48.2 Å². The number of alkyl carbamates (subject to hydrolysis) is 1. The molecule has 1 aliphatic carbocycles. The van der Waals surface area contributed by atoms with Gasteiger partial charge in [0.15, 0.2) is 0 Å². The van der Waals surface area contributed by atoms with E-state index in [0.29, 0.717) is 12.0 Å². The van der Waals surface area contributed by atoms with Crippen molar-refractivity contribution in [2.45, 2.75) is 71.7 Å². The number of aliphatic hydroxyl groups excluding tert-OH is 1. The lowest BCUT2D eigenvalue weighted by molar-refractivity contribution is -0.145. The molecule has 0 spiro atoms. The second-order valence-electron chi connectivity index (χ2n) is 9.96. The van der Waals surface area contributed by atoms with Gasteiger partial charge in [0.05, 0.1) is 13.7 Å². The molecule has 1 fully saturated rings. The minimum Gasteiger partial charge on any atom is -0.468 e. The Morgan fingerprint density at radius 2 is 1.83 bits per heavy atom. The molecule has 1 aliphatic rings. The van der Waals surface area contributed by atoms with Gasteiger partial charge in [-0.2, -0.15) is 0 Å². The molecule has 0 saturated heterocycles. The summed E-state index contributed by atoms with van der Waals surface area (Å²) in [7, 11) is 1.21. The Morgan fingerprint density at radius 3 is 2.34 bits per heavy atom. The van der Waals surface area contributed by atoms with Gasteiger partial charge in [0.2, 0.25) is 11.8 Å². The van der Waals surface area contributed by atoms with Crippen LogP contribution < -0.4 is 10.6 Å². The average molecular weight is 492 g/mol. The highest BCUT2D eigenvalue weighted by Crippen LogP contribution is 2.41. The van der Waals surface area contributed by atoms with Gasteiger partial charge >= 0.3 is 12.1 Å². The first kappa shape index (κ1) is 28.1. The van der Waals surface area contributed by atoms with Crippen molar-refractivity contribution in [3.05, 3.63) is 34.9 Å². The summed E-state index contributed by atoms with van der Waals surface area (Å²) in [6.45, 7) is 9.66. The monoisotopic (exact) mass is 491 g/mol. The van der Waals surface area contributed by atoms with E-state index in [1.165, 1.54) is 12.0 Å². The molecule has 0 bridgehead atoms. The molecule has 35 heavy (non-hydrogen) atoms. The number of methoxy groups -OCH3 is 1. The van der Waals surface area contributed by atoms with Crippen LogP contribution in [0.25, 0.3) is 0 Å². The third-order valence-electron chi connectivity index (χ3n) is 5.74. The summed E-state index contributed by atoms with van der Waals surface area (Å²) in [4.78, 5) is 52.6. The van der Waals surface area contributed by atoms with Crippen molar-refractivity contribution < 1.29 is 33.8 Å². The maximum atomic E-state index is 13.7. The molecule has 4 unspecified atom stereocenters. The van der Waals surface area contributed by atoms with Crippen LogP contribution in [0.3, 0.4) is 0 Å². The maximum absolute atomic E-state index is 13.7. The van der Waals surface area contributed by atoms with E-state index in [9.17, 15) is 24.3 Å². The van der Waals surface area contributed by atoms with E-state index >= 15 is 0 Å². The van der Waals surface area contributed by atoms with Gasteiger partial charge in [-0.05, 0) is 58.1 Å². The molecule has 0 aliphatic heterocycles. The molecule has 1 saturated carbocycles. The third-order valence-corrected chi connectivity index (χ3v) is 5.74. The Balaban J connectivity index is 2.47. The van der Waals surface area contributed by atoms with Gasteiger partial charge in [-0.15, -0.1) is 0 Å². The lowest BCUT2D eigenvalue weighted by Gasteiger charge is -2.35. The highest BCUT2D eigenvalue weighted by Gasteiger charge is 2.48. The summed E-state index contributed by atoms with van der Waals surface area (Å²) < 4.78 is 9.86. The average Bonchev–Trinajstić information content (AvgIpc) is 3.49. The van der Waals surface area contributed by atoms with E-state index in [2.05, 4.69) is 15.4 Å². The minimum atomic E-state index is -1.32. The number of rotatable bonds is 9. The largest absolute Gasteiger partial charge is 0.468 e. The first-order valence-electron chi connectivity index (χ1n) is 11.6. The summed E-state index contributed by atoms with van der Waals surface area (Å²) >= 11 is 0. The van der Waals surface area contributed by atoms with Gasteiger partial charge in [0, 0.05) is 6.04 Å². The van der Waals surface area contributed by atoms with Gasteiger partial charge in [0.1, 0.15) is 24.2 Å². The second kappa shape index (κ2) is 11.5. The van der Waals surface area contributed by atoms with Crippen LogP contribution in [0.1, 0.15) is 56.8 Å². The number of benzene rings is 1. The molecule has 10 heteroatoms. The number of nitrogens with one attached hydrogen (secondary N) is 2. The fraction of sp³-hybridized carbons (Fsp3) is 0.600. The Bertz CT molecular complexity index is 957. The van der Waals surface area contributed by atoms with Crippen molar-refractivity contribution in [2.24, 2.45) is 5.92 Å². The van der Waals surface area contributed by atoms with E-state index in [1.807, 2.05) is 39.0 Å². The quantitative estimate of drug-likeness (QED) is 0.448. The van der Waals surface area contributed by atoms with E-state index in [1.54, 1.807) is 20.8 Å². The van der Waals surface area contributed by atoms with Crippen LogP contribution in [0.2, 0.25) is 0 Å². The highest BCUT2D eigenvalue weighted by molar-refractivity contribution is 5.94. The number of carbonyl (C=O) groups excluding carboxylic acids is 4. The van der Waals surface area contributed by atoms with Crippen molar-refractivity contribution in [3.63, 3.8) is 0 Å². The fourth-order valence-corrected chi connectivity index (χ4v) is 3.79. The molecule has 1 aromatic rings. The van der Waals surface area contributed by atoms with Crippen molar-refractivity contribution in [1.82, 2.24) is 15.5 Å². The predicted molar refractivity (Wildman–Crippen MR) is 128 cm³/mol. The summed E-state index contributed by atoms with van der Waals surface area (Å²) in [5, 5.41) is 15.0. The maximum Gasteiger partial charge on any atom is 0.408 e. The number of hydrogen-bond donors (Lipinski definition) is 3. The molecular weight excluding hydrogens is 454 g/mol.